The summed E-state index contributed by atoms with van der Waals surface area (Å²) in [4.78, 5) is 33.1. The molecule has 1 N–H and O–H groups in total. The molecule has 7 heteroatoms. The fraction of sp³-hybridized carbons (Fsp3) is 0.789. The Bertz CT molecular complexity index is 628. The predicted octanol–water partition coefficient (Wildman–Crippen LogP) is 1.62. The molecule has 1 aromatic heterocycles. The van der Waals surface area contributed by atoms with E-state index in [0.717, 1.165) is 45.4 Å². The number of nitrogens with zero attached hydrogens (tertiary/aromatic N) is 4. The Morgan fingerprint density at radius 1 is 1.00 bits per heavy atom. The van der Waals surface area contributed by atoms with E-state index in [0.29, 0.717) is 35.9 Å². The smallest absolute Gasteiger partial charge is 0.230 e. The minimum absolute atomic E-state index is 0.123. The van der Waals surface area contributed by atoms with Gasteiger partial charge in [-0.15, -0.1) is 0 Å². The number of nitrogens with one attached hydrogen (secondary N) is 1. The number of amides is 2. The first-order valence-corrected chi connectivity index (χ1v) is 10.1. The van der Waals surface area contributed by atoms with E-state index in [1.165, 1.54) is 32.0 Å². The molecule has 142 valence electrons. The quantitative estimate of drug-likeness (QED) is 0.866. The van der Waals surface area contributed by atoms with Gasteiger partial charge in [0.05, 0.1) is 6.42 Å². The van der Waals surface area contributed by atoms with E-state index < -0.39 is 0 Å². The molecule has 7 nitrogen and oxygen atoms in total. The zero-order chi connectivity index (χ0) is 17.9. The number of piperidine rings is 1. The van der Waals surface area contributed by atoms with E-state index in [-0.39, 0.29) is 5.91 Å². The van der Waals surface area contributed by atoms with Crippen molar-refractivity contribution in [3.8, 4) is 0 Å². The Morgan fingerprint density at radius 2 is 1.77 bits per heavy atom. The molecule has 3 aliphatic rings. The van der Waals surface area contributed by atoms with Crippen LogP contribution in [0.1, 0.15) is 50.8 Å². The van der Waals surface area contributed by atoms with Crippen molar-refractivity contribution >= 4 is 11.8 Å². The summed E-state index contributed by atoms with van der Waals surface area (Å²) in [5.41, 5.74) is 0. The van der Waals surface area contributed by atoms with E-state index in [1.54, 1.807) is 0 Å². The third kappa shape index (κ3) is 3.91. The zero-order valence-electron chi connectivity index (χ0n) is 15.4. The SMILES string of the molecule is O=C(Cc1ncn[nH]1)N1CCC(C2CCCN(C(=O)CC3CCC3)C2)C1. The average molecular weight is 359 g/mol. The van der Waals surface area contributed by atoms with Crippen LogP contribution in [-0.4, -0.2) is 63.0 Å². The van der Waals surface area contributed by atoms with Gasteiger partial charge in [0.15, 0.2) is 0 Å². The number of carbonyl (C=O) groups is 2. The summed E-state index contributed by atoms with van der Waals surface area (Å²) in [5, 5.41) is 6.56. The van der Waals surface area contributed by atoms with E-state index >= 15 is 0 Å². The third-order valence-corrected chi connectivity index (χ3v) is 6.53. The Balaban J connectivity index is 1.27. The second-order valence-electron chi connectivity index (χ2n) is 8.24. The number of aromatic nitrogens is 3. The van der Waals surface area contributed by atoms with Crippen molar-refractivity contribution in [1.82, 2.24) is 25.0 Å². The topological polar surface area (TPSA) is 82.2 Å². The van der Waals surface area contributed by atoms with Crippen molar-refractivity contribution in [2.45, 2.75) is 51.4 Å². The molecule has 1 saturated carbocycles. The van der Waals surface area contributed by atoms with Crippen molar-refractivity contribution in [2.24, 2.45) is 17.8 Å². The summed E-state index contributed by atoms with van der Waals surface area (Å²) in [7, 11) is 0. The Labute approximate surface area is 154 Å². The molecule has 2 aliphatic heterocycles. The zero-order valence-corrected chi connectivity index (χ0v) is 15.4. The molecule has 2 atom stereocenters. The van der Waals surface area contributed by atoms with Gasteiger partial charge in [-0.25, -0.2) is 4.98 Å². The molecular weight excluding hydrogens is 330 g/mol. The Hall–Kier alpha value is -1.92. The van der Waals surface area contributed by atoms with Gasteiger partial charge in [-0.05, 0) is 49.9 Å². The molecule has 4 rings (SSSR count). The first kappa shape index (κ1) is 17.5. The number of H-pyrrole nitrogens is 1. The largest absolute Gasteiger partial charge is 0.342 e. The molecule has 0 bridgehead atoms. The highest BCUT2D eigenvalue weighted by Crippen LogP contribution is 2.33. The molecule has 0 aromatic carbocycles. The first-order valence-electron chi connectivity index (χ1n) is 10.1. The van der Waals surface area contributed by atoms with Crippen molar-refractivity contribution < 1.29 is 9.59 Å². The third-order valence-electron chi connectivity index (χ3n) is 6.53. The lowest BCUT2D eigenvalue weighted by Crippen LogP contribution is -2.43. The normalized spacial score (nSPS) is 26.8. The lowest BCUT2D eigenvalue weighted by molar-refractivity contribution is -0.135. The maximum atomic E-state index is 12.6. The molecule has 1 aromatic rings. The number of aromatic amines is 1. The highest BCUT2D eigenvalue weighted by Gasteiger charge is 2.35. The minimum Gasteiger partial charge on any atom is -0.342 e. The van der Waals surface area contributed by atoms with Crippen LogP contribution in [0.4, 0.5) is 0 Å². The van der Waals surface area contributed by atoms with E-state index in [4.69, 9.17) is 0 Å². The van der Waals surface area contributed by atoms with Gasteiger partial charge in [-0.2, -0.15) is 5.10 Å². The van der Waals surface area contributed by atoms with Crippen LogP contribution < -0.4 is 0 Å². The van der Waals surface area contributed by atoms with Crippen molar-refractivity contribution in [3.63, 3.8) is 0 Å². The minimum atomic E-state index is 0.123. The van der Waals surface area contributed by atoms with Crippen LogP contribution in [0.15, 0.2) is 6.33 Å². The van der Waals surface area contributed by atoms with Crippen molar-refractivity contribution in [1.29, 1.82) is 0 Å². The average Bonchev–Trinajstić information content (AvgIpc) is 3.29. The van der Waals surface area contributed by atoms with Gasteiger partial charge in [0.2, 0.25) is 11.8 Å². The van der Waals surface area contributed by atoms with Crippen LogP contribution >= 0.6 is 0 Å². The fourth-order valence-corrected chi connectivity index (χ4v) is 4.66. The fourth-order valence-electron chi connectivity index (χ4n) is 4.66. The lowest BCUT2D eigenvalue weighted by atomic mass is 9.81. The van der Waals surface area contributed by atoms with Crippen LogP contribution in [0, 0.1) is 17.8 Å². The molecule has 3 heterocycles. The molecule has 0 radical (unpaired) electrons. The molecule has 1 aliphatic carbocycles. The van der Waals surface area contributed by atoms with Crippen molar-refractivity contribution in [3.05, 3.63) is 12.2 Å². The standard InChI is InChI=1S/C19H29N5O2/c25-18(9-14-3-1-4-14)23-7-2-5-15(11-23)16-6-8-24(12-16)19(26)10-17-20-13-21-22-17/h13-16H,1-12H2,(H,20,21,22). The molecule has 2 unspecified atom stereocenters. The van der Waals surface area contributed by atoms with Gasteiger partial charge in [0.25, 0.3) is 0 Å². The molecular formula is C19H29N5O2. The Morgan fingerprint density at radius 3 is 2.46 bits per heavy atom. The van der Waals surface area contributed by atoms with Gasteiger partial charge >= 0.3 is 0 Å². The summed E-state index contributed by atoms with van der Waals surface area (Å²) in [5.74, 6) is 2.81. The number of rotatable bonds is 5. The molecule has 2 amide bonds. The maximum Gasteiger partial charge on any atom is 0.230 e. The number of hydrogen-bond donors (Lipinski definition) is 1. The number of likely N-dealkylation sites (tertiary alicyclic amines) is 2. The lowest BCUT2D eigenvalue weighted by Gasteiger charge is -2.37. The van der Waals surface area contributed by atoms with Crippen molar-refractivity contribution in [2.75, 3.05) is 26.2 Å². The second-order valence-corrected chi connectivity index (χ2v) is 8.24. The van der Waals surface area contributed by atoms with Crippen LogP contribution in [-0.2, 0) is 16.0 Å². The summed E-state index contributed by atoms with van der Waals surface area (Å²) in [6.45, 7) is 3.45. The highest BCUT2D eigenvalue weighted by molar-refractivity contribution is 5.78. The van der Waals surface area contributed by atoms with Gasteiger partial charge < -0.3 is 9.80 Å². The van der Waals surface area contributed by atoms with Crippen LogP contribution in [0.5, 0.6) is 0 Å². The summed E-state index contributed by atoms with van der Waals surface area (Å²) in [6.07, 6.45) is 9.57. The van der Waals surface area contributed by atoms with Crippen LogP contribution in [0.2, 0.25) is 0 Å². The van der Waals surface area contributed by atoms with Gasteiger partial charge in [0.1, 0.15) is 12.2 Å². The molecule has 3 fully saturated rings. The Kier molecular flexibility index (Phi) is 5.22. The summed E-state index contributed by atoms with van der Waals surface area (Å²) < 4.78 is 0. The van der Waals surface area contributed by atoms with E-state index in [9.17, 15) is 9.59 Å². The van der Waals surface area contributed by atoms with Gasteiger partial charge in [0, 0.05) is 32.6 Å². The molecule has 26 heavy (non-hydrogen) atoms. The van der Waals surface area contributed by atoms with Crippen LogP contribution in [0.25, 0.3) is 0 Å². The summed E-state index contributed by atoms with van der Waals surface area (Å²) in [6, 6.07) is 0. The van der Waals surface area contributed by atoms with E-state index in [1.807, 2.05) is 4.90 Å². The monoisotopic (exact) mass is 359 g/mol. The predicted molar refractivity (Wildman–Crippen MR) is 96.0 cm³/mol. The van der Waals surface area contributed by atoms with E-state index in [2.05, 4.69) is 20.1 Å². The van der Waals surface area contributed by atoms with Gasteiger partial charge in [-0.3, -0.25) is 14.7 Å². The molecule has 0 spiro atoms. The molecule has 2 saturated heterocycles. The van der Waals surface area contributed by atoms with Gasteiger partial charge in [-0.1, -0.05) is 6.42 Å². The first-order chi connectivity index (χ1) is 12.7. The summed E-state index contributed by atoms with van der Waals surface area (Å²) >= 11 is 0. The number of carbonyl (C=O) groups excluding carboxylic acids is 2. The van der Waals surface area contributed by atoms with Crippen LogP contribution in [0.3, 0.4) is 0 Å². The highest BCUT2D eigenvalue weighted by atomic mass is 16.2. The second kappa shape index (κ2) is 7.76. The number of hydrogen-bond acceptors (Lipinski definition) is 4. The maximum absolute atomic E-state index is 12.6.